The molecule has 0 radical (unpaired) electrons. The van der Waals surface area contributed by atoms with Crippen LogP contribution in [-0.2, 0) is 4.74 Å². The van der Waals surface area contributed by atoms with Gasteiger partial charge in [0.2, 0.25) is 0 Å². The highest BCUT2D eigenvalue weighted by Crippen LogP contribution is 2.24. The average Bonchev–Trinajstić information content (AvgIpc) is 2.46. The first-order valence-corrected chi connectivity index (χ1v) is 6.92. The van der Waals surface area contributed by atoms with E-state index in [0.29, 0.717) is 31.0 Å². The topological polar surface area (TPSA) is 62.6 Å². The quantitative estimate of drug-likeness (QED) is 0.764. The zero-order valence-electron chi connectivity index (χ0n) is 11.6. The van der Waals surface area contributed by atoms with Crippen molar-refractivity contribution >= 4 is 21.8 Å². The Kier molecular flexibility index (Phi) is 7.05. The van der Waals surface area contributed by atoms with Crippen LogP contribution in [0, 0.1) is 11.3 Å². The smallest absolute Gasteiger partial charge is 0.257 e. The predicted molar refractivity (Wildman–Crippen MR) is 78.7 cm³/mol. The Hall–Kier alpha value is -1.58. The van der Waals surface area contributed by atoms with E-state index in [0.717, 1.165) is 4.47 Å². The van der Waals surface area contributed by atoms with E-state index in [4.69, 9.17) is 14.7 Å². The lowest BCUT2D eigenvalue weighted by atomic mass is 10.1. The number of hydrogen-bond donors (Lipinski definition) is 0. The number of rotatable bonds is 7. The monoisotopic (exact) mass is 340 g/mol. The maximum Gasteiger partial charge on any atom is 0.257 e. The first kappa shape index (κ1) is 16.5. The number of carbonyl (C=O) groups excluding carboxylic acids is 1. The summed E-state index contributed by atoms with van der Waals surface area (Å²) < 4.78 is 11.1. The summed E-state index contributed by atoms with van der Waals surface area (Å²) in [6.07, 6.45) is 0.286. The van der Waals surface area contributed by atoms with Gasteiger partial charge in [-0.15, -0.1) is 0 Å². The molecule has 1 rings (SSSR count). The summed E-state index contributed by atoms with van der Waals surface area (Å²) in [6, 6.07) is 7.28. The Labute approximate surface area is 127 Å². The molecular formula is C14H17BrN2O3. The van der Waals surface area contributed by atoms with Crippen molar-refractivity contribution in [1.82, 2.24) is 4.90 Å². The van der Waals surface area contributed by atoms with E-state index in [9.17, 15) is 4.79 Å². The molecule has 5 nitrogen and oxygen atoms in total. The molecule has 0 heterocycles. The van der Waals surface area contributed by atoms with Crippen molar-refractivity contribution in [3.05, 3.63) is 28.2 Å². The standard InChI is InChI=1S/C14H17BrN2O3/c1-19-9-8-17(7-3-6-16)14(18)12-5-4-11(15)10-13(12)20-2/h4-5,10H,3,7-9H2,1-2H3. The van der Waals surface area contributed by atoms with Gasteiger partial charge in [-0.3, -0.25) is 4.79 Å². The number of halogens is 1. The summed E-state index contributed by atoms with van der Waals surface area (Å²) in [6.45, 7) is 1.24. The van der Waals surface area contributed by atoms with Crippen molar-refractivity contribution < 1.29 is 14.3 Å². The molecule has 0 aliphatic carbocycles. The molecule has 0 fully saturated rings. The van der Waals surface area contributed by atoms with Crippen molar-refractivity contribution in [2.24, 2.45) is 0 Å². The molecule has 6 heteroatoms. The second-order valence-electron chi connectivity index (χ2n) is 4.04. The molecule has 0 saturated heterocycles. The summed E-state index contributed by atoms with van der Waals surface area (Å²) in [4.78, 5) is 14.1. The highest BCUT2D eigenvalue weighted by atomic mass is 79.9. The number of ether oxygens (including phenoxy) is 2. The molecular weight excluding hydrogens is 324 g/mol. The Bertz CT molecular complexity index is 500. The maximum atomic E-state index is 12.5. The summed E-state index contributed by atoms with van der Waals surface area (Å²) >= 11 is 3.34. The zero-order valence-corrected chi connectivity index (χ0v) is 13.1. The number of carbonyl (C=O) groups is 1. The average molecular weight is 341 g/mol. The van der Waals surface area contributed by atoms with Crippen LogP contribution >= 0.6 is 15.9 Å². The number of methoxy groups -OCH3 is 2. The first-order valence-electron chi connectivity index (χ1n) is 6.12. The van der Waals surface area contributed by atoms with Crippen LogP contribution in [0.5, 0.6) is 5.75 Å². The van der Waals surface area contributed by atoms with Gasteiger partial charge in [-0.1, -0.05) is 15.9 Å². The fourth-order valence-corrected chi connectivity index (χ4v) is 2.05. The minimum atomic E-state index is -0.165. The summed E-state index contributed by atoms with van der Waals surface area (Å²) in [5.41, 5.74) is 0.477. The van der Waals surface area contributed by atoms with Gasteiger partial charge in [0.25, 0.3) is 5.91 Å². The van der Waals surface area contributed by atoms with Crippen LogP contribution in [0.3, 0.4) is 0 Å². The van der Waals surface area contributed by atoms with Gasteiger partial charge in [0, 0.05) is 24.7 Å². The lowest BCUT2D eigenvalue weighted by Gasteiger charge is -2.22. The van der Waals surface area contributed by atoms with Gasteiger partial charge in [-0.25, -0.2) is 0 Å². The molecule has 1 amide bonds. The number of benzene rings is 1. The predicted octanol–water partition coefficient (Wildman–Crippen LogP) is 2.46. The van der Waals surface area contributed by atoms with E-state index in [-0.39, 0.29) is 12.3 Å². The Morgan fingerprint density at radius 1 is 1.40 bits per heavy atom. The first-order chi connectivity index (χ1) is 9.63. The van der Waals surface area contributed by atoms with E-state index in [2.05, 4.69) is 15.9 Å². The highest BCUT2D eigenvalue weighted by Gasteiger charge is 2.19. The minimum Gasteiger partial charge on any atom is -0.496 e. The molecule has 108 valence electrons. The van der Waals surface area contributed by atoms with Crippen LogP contribution in [-0.4, -0.2) is 44.7 Å². The van der Waals surface area contributed by atoms with Crippen LogP contribution < -0.4 is 4.74 Å². The van der Waals surface area contributed by atoms with E-state index in [1.807, 2.05) is 6.07 Å². The number of hydrogen-bond acceptors (Lipinski definition) is 4. The molecule has 0 saturated carbocycles. The third kappa shape index (κ3) is 4.51. The Morgan fingerprint density at radius 3 is 2.75 bits per heavy atom. The van der Waals surface area contributed by atoms with Crippen LogP contribution in [0.25, 0.3) is 0 Å². The highest BCUT2D eigenvalue weighted by molar-refractivity contribution is 9.10. The van der Waals surface area contributed by atoms with Crippen molar-refractivity contribution in [3.63, 3.8) is 0 Å². The van der Waals surface area contributed by atoms with Crippen LogP contribution in [0.2, 0.25) is 0 Å². The van der Waals surface area contributed by atoms with Crippen LogP contribution in [0.1, 0.15) is 16.8 Å². The molecule has 0 aromatic heterocycles. The largest absolute Gasteiger partial charge is 0.496 e. The van der Waals surface area contributed by atoms with E-state index in [1.54, 1.807) is 30.2 Å². The molecule has 20 heavy (non-hydrogen) atoms. The van der Waals surface area contributed by atoms with Gasteiger partial charge in [-0.2, -0.15) is 5.26 Å². The van der Waals surface area contributed by atoms with Gasteiger partial charge < -0.3 is 14.4 Å². The lowest BCUT2D eigenvalue weighted by molar-refractivity contribution is 0.0696. The number of amides is 1. The SMILES string of the molecule is COCCN(CCC#N)C(=O)c1ccc(Br)cc1OC. The minimum absolute atomic E-state index is 0.165. The fourth-order valence-electron chi connectivity index (χ4n) is 1.71. The molecule has 1 aromatic carbocycles. The molecule has 0 spiro atoms. The lowest BCUT2D eigenvalue weighted by Crippen LogP contribution is -2.34. The summed E-state index contributed by atoms with van der Waals surface area (Å²) in [5.74, 6) is 0.338. The third-order valence-corrected chi connectivity index (χ3v) is 3.23. The molecule has 0 unspecified atom stereocenters. The van der Waals surface area contributed by atoms with Gasteiger partial charge in [0.1, 0.15) is 5.75 Å². The van der Waals surface area contributed by atoms with Crippen molar-refractivity contribution in [2.45, 2.75) is 6.42 Å². The molecule has 0 N–H and O–H groups in total. The molecule has 0 aliphatic heterocycles. The molecule has 1 aromatic rings. The van der Waals surface area contributed by atoms with Gasteiger partial charge in [0.15, 0.2) is 0 Å². The maximum absolute atomic E-state index is 12.5. The third-order valence-electron chi connectivity index (χ3n) is 2.74. The van der Waals surface area contributed by atoms with E-state index in [1.165, 1.54) is 7.11 Å². The van der Waals surface area contributed by atoms with Gasteiger partial charge >= 0.3 is 0 Å². The Balaban J connectivity index is 2.95. The normalized spacial score (nSPS) is 9.90. The van der Waals surface area contributed by atoms with Crippen LogP contribution in [0.15, 0.2) is 22.7 Å². The summed E-state index contributed by atoms with van der Waals surface area (Å²) in [5, 5.41) is 8.68. The number of nitriles is 1. The molecule has 0 bridgehead atoms. The molecule has 0 atom stereocenters. The van der Waals surface area contributed by atoms with E-state index >= 15 is 0 Å². The fraction of sp³-hybridized carbons (Fsp3) is 0.429. The zero-order chi connectivity index (χ0) is 15.0. The van der Waals surface area contributed by atoms with Crippen molar-refractivity contribution in [1.29, 1.82) is 5.26 Å². The Morgan fingerprint density at radius 2 is 2.15 bits per heavy atom. The van der Waals surface area contributed by atoms with Gasteiger partial charge in [0.05, 0.1) is 31.8 Å². The van der Waals surface area contributed by atoms with E-state index < -0.39 is 0 Å². The van der Waals surface area contributed by atoms with Gasteiger partial charge in [-0.05, 0) is 18.2 Å². The van der Waals surface area contributed by atoms with Crippen LogP contribution in [0.4, 0.5) is 0 Å². The second kappa shape index (κ2) is 8.56. The second-order valence-corrected chi connectivity index (χ2v) is 4.95. The summed E-state index contributed by atoms with van der Waals surface area (Å²) in [7, 11) is 3.10. The van der Waals surface area contributed by atoms with Crippen molar-refractivity contribution in [3.8, 4) is 11.8 Å². The number of nitrogens with zero attached hydrogens (tertiary/aromatic N) is 2. The molecule has 0 aliphatic rings. The van der Waals surface area contributed by atoms with Crippen molar-refractivity contribution in [2.75, 3.05) is 33.9 Å².